The SMILES string of the molecule is O=C(CN1CC2(CC2)c2cc(Br)ccc2C1=O)N[C@H]1CCCN(C2CC2)C1. The molecule has 1 spiro atoms. The van der Waals surface area contributed by atoms with E-state index in [0.29, 0.717) is 6.54 Å². The number of carbonyl (C=O) groups is 2. The minimum atomic E-state index is -0.0117. The van der Waals surface area contributed by atoms with Gasteiger partial charge in [0.05, 0.1) is 6.54 Å². The predicted octanol–water partition coefficient (Wildman–Crippen LogP) is 2.68. The number of fused-ring (bicyclic) bond motifs is 2. The molecule has 5 rings (SSSR count). The third-order valence-corrected chi connectivity index (χ3v) is 7.13. The quantitative estimate of drug-likeness (QED) is 0.796. The van der Waals surface area contributed by atoms with Crippen molar-refractivity contribution in [2.45, 2.75) is 56.0 Å². The lowest BCUT2D eigenvalue weighted by molar-refractivity contribution is -0.123. The molecule has 1 saturated heterocycles. The van der Waals surface area contributed by atoms with Gasteiger partial charge in [0, 0.05) is 40.6 Å². The average molecular weight is 432 g/mol. The predicted molar refractivity (Wildman–Crippen MR) is 107 cm³/mol. The smallest absolute Gasteiger partial charge is 0.254 e. The summed E-state index contributed by atoms with van der Waals surface area (Å²) in [5, 5.41) is 3.20. The van der Waals surface area contributed by atoms with Gasteiger partial charge in [0.25, 0.3) is 5.91 Å². The Labute approximate surface area is 168 Å². The van der Waals surface area contributed by atoms with Crippen LogP contribution >= 0.6 is 15.9 Å². The molecule has 2 saturated carbocycles. The van der Waals surface area contributed by atoms with E-state index in [4.69, 9.17) is 0 Å². The Morgan fingerprint density at radius 1 is 1.26 bits per heavy atom. The van der Waals surface area contributed by atoms with Crippen LogP contribution in [-0.4, -0.2) is 59.9 Å². The monoisotopic (exact) mass is 431 g/mol. The molecule has 4 aliphatic rings. The molecule has 6 heteroatoms. The number of likely N-dealkylation sites (tertiary alicyclic amines) is 1. The van der Waals surface area contributed by atoms with E-state index in [1.165, 1.54) is 12.8 Å². The van der Waals surface area contributed by atoms with Gasteiger partial charge in [-0.25, -0.2) is 0 Å². The van der Waals surface area contributed by atoms with E-state index in [0.717, 1.165) is 60.4 Å². The maximum absolute atomic E-state index is 12.9. The van der Waals surface area contributed by atoms with Crippen LogP contribution in [-0.2, 0) is 10.2 Å². The van der Waals surface area contributed by atoms with E-state index in [1.807, 2.05) is 12.1 Å². The first kappa shape index (κ1) is 17.7. The Kier molecular flexibility index (Phi) is 4.32. The third kappa shape index (κ3) is 3.42. The number of benzene rings is 1. The van der Waals surface area contributed by atoms with Crippen LogP contribution in [0, 0.1) is 0 Å². The van der Waals surface area contributed by atoms with Crippen molar-refractivity contribution in [3.05, 3.63) is 33.8 Å². The van der Waals surface area contributed by atoms with Gasteiger partial charge in [0.15, 0.2) is 0 Å². The van der Waals surface area contributed by atoms with E-state index >= 15 is 0 Å². The summed E-state index contributed by atoms with van der Waals surface area (Å²) in [6, 6.07) is 6.89. The van der Waals surface area contributed by atoms with Gasteiger partial charge in [-0.15, -0.1) is 0 Å². The van der Waals surface area contributed by atoms with Gasteiger partial charge in [-0.2, -0.15) is 0 Å². The number of halogens is 1. The minimum absolute atomic E-state index is 0.00609. The van der Waals surface area contributed by atoms with Gasteiger partial charge < -0.3 is 10.2 Å². The topological polar surface area (TPSA) is 52.7 Å². The van der Waals surface area contributed by atoms with E-state index in [9.17, 15) is 9.59 Å². The first-order valence-electron chi connectivity index (χ1n) is 10.2. The highest BCUT2D eigenvalue weighted by Gasteiger charge is 2.51. The molecule has 2 amide bonds. The molecule has 144 valence electrons. The summed E-state index contributed by atoms with van der Waals surface area (Å²) in [4.78, 5) is 29.9. The molecule has 1 aromatic rings. The summed E-state index contributed by atoms with van der Waals surface area (Å²) in [5.74, 6) is -0.0178. The normalized spacial score (nSPS) is 26.8. The number of amides is 2. The van der Waals surface area contributed by atoms with Gasteiger partial charge in [-0.05, 0) is 68.8 Å². The van der Waals surface area contributed by atoms with Crippen LogP contribution in [0.2, 0.25) is 0 Å². The zero-order valence-electron chi connectivity index (χ0n) is 15.5. The van der Waals surface area contributed by atoms with Crippen molar-refractivity contribution in [1.82, 2.24) is 15.1 Å². The lowest BCUT2D eigenvalue weighted by atomic mass is 9.86. The van der Waals surface area contributed by atoms with Gasteiger partial charge in [-0.1, -0.05) is 15.9 Å². The summed E-state index contributed by atoms with van der Waals surface area (Å²) < 4.78 is 1.02. The Hall–Kier alpha value is -1.40. The summed E-state index contributed by atoms with van der Waals surface area (Å²) in [6.07, 6.45) is 7.00. The van der Waals surface area contributed by atoms with Crippen LogP contribution in [0.15, 0.2) is 22.7 Å². The van der Waals surface area contributed by atoms with Crippen LogP contribution in [0.3, 0.4) is 0 Å². The Bertz CT molecular complexity index is 788. The molecule has 0 bridgehead atoms. The zero-order chi connectivity index (χ0) is 18.6. The van der Waals surface area contributed by atoms with E-state index < -0.39 is 0 Å². The van der Waals surface area contributed by atoms with Crippen LogP contribution in [0.25, 0.3) is 0 Å². The largest absolute Gasteiger partial charge is 0.351 e. The molecular formula is C21H26BrN3O2. The van der Waals surface area contributed by atoms with E-state index in [1.54, 1.807) is 4.90 Å². The highest BCUT2D eigenvalue weighted by molar-refractivity contribution is 9.10. The van der Waals surface area contributed by atoms with Gasteiger partial charge >= 0.3 is 0 Å². The van der Waals surface area contributed by atoms with Crippen molar-refractivity contribution in [3.63, 3.8) is 0 Å². The third-order valence-electron chi connectivity index (χ3n) is 6.63. The van der Waals surface area contributed by atoms with Crippen molar-refractivity contribution in [1.29, 1.82) is 0 Å². The van der Waals surface area contributed by atoms with E-state index in [-0.39, 0.29) is 29.8 Å². The molecule has 0 unspecified atom stereocenters. The molecule has 27 heavy (non-hydrogen) atoms. The Morgan fingerprint density at radius 3 is 2.81 bits per heavy atom. The van der Waals surface area contributed by atoms with Crippen molar-refractivity contribution in [2.24, 2.45) is 0 Å². The molecule has 2 aliphatic heterocycles. The maximum Gasteiger partial charge on any atom is 0.254 e. The fourth-order valence-electron chi connectivity index (χ4n) is 4.88. The number of rotatable bonds is 4. The Morgan fingerprint density at radius 2 is 2.07 bits per heavy atom. The molecule has 5 nitrogen and oxygen atoms in total. The van der Waals surface area contributed by atoms with Gasteiger partial charge in [0.1, 0.15) is 0 Å². The molecule has 2 heterocycles. The van der Waals surface area contributed by atoms with Crippen molar-refractivity contribution in [2.75, 3.05) is 26.2 Å². The second-order valence-electron chi connectivity index (χ2n) is 8.76. The summed E-state index contributed by atoms with van der Waals surface area (Å²) in [5.41, 5.74) is 2.00. The molecule has 3 fully saturated rings. The van der Waals surface area contributed by atoms with Crippen LogP contribution < -0.4 is 5.32 Å². The van der Waals surface area contributed by atoms with Crippen LogP contribution in [0.1, 0.15) is 54.4 Å². The van der Waals surface area contributed by atoms with E-state index in [2.05, 4.69) is 32.2 Å². The summed E-state index contributed by atoms with van der Waals surface area (Å²) in [6.45, 7) is 2.97. The molecule has 1 aromatic carbocycles. The Balaban J connectivity index is 1.25. The second kappa shape index (κ2) is 6.59. The number of carbonyl (C=O) groups excluding carboxylic acids is 2. The highest BCUT2D eigenvalue weighted by Crippen LogP contribution is 2.52. The fraction of sp³-hybridized carbons (Fsp3) is 0.619. The average Bonchev–Trinajstić information content (AvgIpc) is 3.55. The van der Waals surface area contributed by atoms with Crippen molar-refractivity contribution < 1.29 is 9.59 Å². The highest BCUT2D eigenvalue weighted by atomic mass is 79.9. The van der Waals surface area contributed by atoms with Gasteiger partial charge in [0.2, 0.25) is 5.91 Å². The molecular weight excluding hydrogens is 406 g/mol. The first-order valence-corrected chi connectivity index (χ1v) is 11.0. The van der Waals surface area contributed by atoms with Crippen molar-refractivity contribution >= 4 is 27.7 Å². The molecule has 1 N–H and O–H groups in total. The minimum Gasteiger partial charge on any atom is -0.351 e. The summed E-state index contributed by atoms with van der Waals surface area (Å²) in [7, 11) is 0. The number of hydrogen-bond acceptors (Lipinski definition) is 3. The van der Waals surface area contributed by atoms with Crippen molar-refractivity contribution in [3.8, 4) is 0 Å². The van der Waals surface area contributed by atoms with Crippen LogP contribution in [0.4, 0.5) is 0 Å². The zero-order valence-corrected chi connectivity index (χ0v) is 17.1. The van der Waals surface area contributed by atoms with Crippen LogP contribution in [0.5, 0.6) is 0 Å². The number of piperidine rings is 1. The molecule has 2 aliphatic carbocycles. The maximum atomic E-state index is 12.9. The molecule has 0 radical (unpaired) electrons. The number of nitrogens with one attached hydrogen (secondary N) is 1. The summed E-state index contributed by atoms with van der Waals surface area (Å²) >= 11 is 3.53. The number of nitrogens with zero attached hydrogens (tertiary/aromatic N) is 2. The van der Waals surface area contributed by atoms with Gasteiger partial charge in [-0.3, -0.25) is 14.5 Å². The fourth-order valence-corrected chi connectivity index (χ4v) is 5.24. The number of hydrogen-bond donors (Lipinski definition) is 1. The first-order chi connectivity index (χ1) is 13.0. The standard InChI is InChI=1S/C21H26BrN3O2/c22-14-3-6-17-18(10-14)21(7-8-21)13-25(20(17)27)12-19(26)23-15-2-1-9-24(11-15)16-4-5-16/h3,6,10,15-16H,1-2,4-5,7-9,11-13H2,(H,23,26)/t15-/m0/s1. The second-order valence-corrected chi connectivity index (χ2v) is 9.68. The lowest BCUT2D eigenvalue weighted by Gasteiger charge is -2.36. The molecule has 1 atom stereocenters. The lowest BCUT2D eigenvalue weighted by Crippen LogP contribution is -2.52. The molecule has 0 aromatic heterocycles.